The lowest BCUT2D eigenvalue weighted by molar-refractivity contribution is -0.137. The van der Waals surface area contributed by atoms with Gasteiger partial charge in [-0.3, -0.25) is 0 Å². The number of alkyl halides is 3. The van der Waals surface area contributed by atoms with Crippen molar-refractivity contribution in [3.63, 3.8) is 0 Å². The molecule has 5 aliphatic rings. The topological polar surface area (TPSA) is 172 Å². The van der Waals surface area contributed by atoms with Gasteiger partial charge in [-0.25, -0.2) is 9.18 Å². The minimum absolute atomic E-state index is 0.102. The highest BCUT2D eigenvalue weighted by molar-refractivity contribution is 9.11. The van der Waals surface area contributed by atoms with Crippen LogP contribution in [0.1, 0.15) is 139 Å². The van der Waals surface area contributed by atoms with Crippen molar-refractivity contribution in [3.8, 4) is 5.75 Å². The van der Waals surface area contributed by atoms with Crippen LogP contribution in [-0.4, -0.2) is 91.7 Å². The van der Waals surface area contributed by atoms with Crippen LogP contribution in [-0.2, 0) is 38.3 Å². The third kappa shape index (κ3) is 18.5. The van der Waals surface area contributed by atoms with E-state index in [2.05, 4.69) is 274 Å². The van der Waals surface area contributed by atoms with Gasteiger partial charge in [0, 0.05) is 155 Å². The number of carbonyl (C=O) groups is 1. The van der Waals surface area contributed by atoms with Crippen LogP contribution >= 0.6 is 99.1 Å². The molecule has 0 spiro atoms. The molecule has 0 aliphatic carbocycles. The Labute approximate surface area is 764 Å². The molecule has 10 heterocycles. The zero-order valence-corrected chi connectivity index (χ0v) is 76.7. The number of aryl methyl sites for hydroxylation is 1. The maximum Gasteiger partial charge on any atom is 0.416 e. The number of hydrogen-bond donors (Lipinski definition) is 10. The second kappa shape index (κ2) is 37.3. The zero-order chi connectivity index (χ0) is 86.2. The summed E-state index contributed by atoms with van der Waals surface area (Å²) in [5, 5.41) is 25.2. The Bertz CT molecular complexity index is 6460. The van der Waals surface area contributed by atoms with E-state index in [4.69, 9.17) is 40.2 Å². The van der Waals surface area contributed by atoms with Gasteiger partial charge in [0.15, 0.2) is 5.11 Å². The molecule has 2 amide bonds. The molecule has 11 aromatic carbocycles. The molecule has 0 bridgehead atoms. The van der Waals surface area contributed by atoms with Gasteiger partial charge in [0.2, 0.25) is 0 Å². The Morgan fingerprint density at radius 2 is 0.839 bits per heavy atom. The standard InChI is InChI=1S/C25H21ClFN3O2.C21H22BrN3S.C18H17BrN2.C18H14ClF3N2.C17H14Br2N2/c1-32-19-8-5-15(6-9-19)24-23-20(21-13-16(26)7-10-22(21)29-23)11-12-30(24)25(31)28-18-4-2-3-17(27)14-18;1-13(2)23-21(26)25-11-10-16-17-12-15(22)8-9-18(17)24-19(16)20(25)14-6-4-3-5-7-14;1-11-2-4-12(5-3-11)17-18-14(8-9-20-17)15-10-13(19)6-7-16(15)21-18;19-12-5-6-15-14(9-12)13-7-8-23-16(17(13)24-15)10-1-3-11(4-2-10)18(20,21)22;18-11-3-1-10(2-4-11)16-17-13(7-8-20-16)14-9-12(19)5-6-15(14)21-17/h2-10,13-14,24,29H,11-12H2,1H3,(H,28,31);3-9,12-13,20,24H,10-11H2,1-2H3,(H,23,26);2-7,10,17,20-21H,8-9H2,1H3;1-6,9,16,23-24H,7-8H2;1-6,9,16,20-21H,7-8H2. The fourth-order valence-corrected chi connectivity index (χ4v) is 20.0. The summed E-state index contributed by atoms with van der Waals surface area (Å²) in [7, 11) is 1.62. The summed E-state index contributed by atoms with van der Waals surface area (Å²) in [6.45, 7) is 10.6. The number of methoxy groups -OCH3 is 1. The Morgan fingerprint density at radius 1 is 0.452 bits per heavy atom. The first kappa shape index (κ1) is 86.1. The first-order valence-electron chi connectivity index (χ1n) is 41.2. The van der Waals surface area contributed by atoms with Gasteiger partial charge in [0.05, 0.1) is 42.9 Å². The largest absolute Gasteiger partial charge is 0.497 e. The van der Waals surface area contributed by atoms with E-state index >= 15 is 0 Å². The molecule has 5 aromatic heterocycles. The van der Waals surface area contributed by atoms with Crippen molar-refractivity contribution in [1.82, 2.24) is 56.0 Å². The average Bonchev–Trinajstić information content (AvgIpc) is 1.54. The number of rotatable bonds is 8. The van der Waals surface area contributed by atoms with Crippen LogP contribution in [0, 0.1) is 12.7 Å². The van der Waals surface area contributed by atoms with E-state index in [-0.39, 0.29) is 36.2 Å². The molecular weight excluding hydrogens is 1890 g/mol. The van der Waals surface area contributed by atoms with E-state index in [0.29, 0.717) is 34.7 Å². The van der Waals surface area contributed by atoms with Crippen molar-refractivity contribution in [2.75, 3.05) is 45.2 Å². The minimum atomic E-state index is -4.32. The number of H-pyrrole nitrogens is 5. The van der Waals surface area contributed by atoms with Gasteiger partial charge in [-0.15, -0.1) is 0 Å². The SMILES string of the molecule is Brc1ccc(C2NCCc3c2[nH]c2ccc(Br)cc32)cc1.CC(C)NC(=S)N1CCc2c([nH]c3ccc(Br)cc23)C1c1ccccc1.COc1ccc(C2c3[nH]c4ccc(Cl)cc4c3CCN2C(=O)Nc2cccc(F)c2)cc1.Cc1ccc(C2NCCc3c2[nH]c2ccc(Br)cc32)cc1.FC(F)(F)c1ccc(C2NCCc3c2[nH]c2ccc(Cl)cc32)cc1. The molecule has 0 radical (unpaired) electrons. The molecule has 0 saturated carbocycles. The monoisotopic (exact) mass is 1970 g/mol. The Balaban J connectivity index is 0.000000111. The van der Waals surface area contributed by atoms with Gasteiger partial charge in [-0.05, 0) is 266 Å². The third-order valence-electron chi connectivity index (χ3n) is 23.7. The molecule has 10 N–H and O–H groups in total. The summed E-state index contributed by atoms with van der Waals surface area (Å²) in [5.41, 5.74) is 24.8. The first-order valence-corrected chi connectivity index (χ1v) is 45.6. The van der Waals surface area contributed by atoms with Gasteiger partial charge in [-0.1, -0.05) is 190 Å². The molecule has 21 rings (SSSR count). The van der Waals surface area contributed by atoms with E-state index in [1.54, 1.807) is 24.1 Å². The van der Waals surface area contributed by atoms with Gasteiger partial charge in [0.1, 0.15) is 11.6 Å². The summed E-state index contributed by atoms with van der Waals surface area (Å²) in [5.74, 6) is 0.340. The van der Waals surface area contributed by atoms with Crippen LogP contribution in [0.15, 0.2) is 261 Å². The third-order valence-corrected chi connectivity index (χ3v) is 26.5. The van der Waals surface area contributed by atoms with Crippen molar-refractivity contribution in [2.24, 2.45) is 0 Å². The molecule has 5 aliphatic heterocycles. The van der Waals surface area contributed by atoms with Gasteiger partial charge in [-0.2, -0.15) is 13.2 Å². The van der Waals surface area contributed by atoms with E-state index in [1.165, 1.54) is 119 Å². The summed E-state index contributed by atoms with van der Waals surface area (Å²) >= 11 is 32.4. The van der Waals surface area contributed by atoms with Crippen LogP contribution in [0.25, 0.3) is 54.5 Å². The second-order valence-electron chi connectivity index (χ2n) is 31.9. The van der Waals surface area contributed by atoms with Crippen LogP contribution in [0.3, 0.4) is 0 Å². The first-order chi connectivity index (χ1) is 59.9. The van der Waals surface area contributed by atoms with Crippen molar-refractivity contribution in [3.05, 3.63) is 372 Å². The number of hydrogen-bond acceptors (Lipinski definition) is 6. The summed E-state index contributed by atoms with van der Waals surface area (Å²) < 4.78 is 61.7. The van der Waals surface area contributed by atoms with Crippen molar-refractivity contribution in [1.29, 1.82) is 0 Å². The maximum absolute atomic E-state index is 13.6. The molecule has 5 unspecified atom stereocenters. The number of amides is 2. The number of thiocarbonyl (C=S) groups is 1. The van der Waals surface area contributed by atoms with Gasteiger partial charge < -0.3 is 66.0 Å². The predicted octanol–water partition coefficient (Wildman–Crippen LogP) is 25.8. The van der Waals surface area contributed by atoms with Gasteiger partial charge >= 0.3 is 12.2 Å². The van der Waals surface area contributed by atoms with Crippen LogP contribution in [0.2, 0.25) is 10.0 Å². The summed E-state index contributed by atoms with van der Waals surface area (Å²) in [6, 6.07) is 77.9. The fraction of sp³-hybridized carbons (Fsp3) is 0.212. The number of urea groups is 1. The number of nitrogens with one attached hydrogen (secondary N) is 10. The fourth-order valence-electron chi connectivity index (χ4n) is 17.9. The molecule has 0 fully saturated rings. The number of aromatic amines is 5. The number of aromatic nitrogens is 5. The lowest BCUT2D eigenvalue weighted by Gasteiger charge is -2.38. The number of halogens is 10. The number of anilines is 1. The summed E-state index contributed by atoms with van der Waals surface area (Å²) in [4.78, 5) is 35.2. The minimum Gasteiger partial charge on any atom is -0.497 e. The second-order valence-corrected chi connectivity index (χ2v) is 36.9. The Hall–Kier alpha value is -10.0. The number of ether oxygens (including phenoxy) is 1. The summed E-state index contributed by atoms with van der Waals surface area (Å²) in [6.07, 6.45) is 0.343. The smallest absolute Gasteiger partial charge is 0.416 e. The zero-order valence-electron chi connectivity index (χ0n) is 68.0. The molecule has 25 heteroatoms. The van der Waals surface area contributed by atoms with Crippen molar-refractivity contribution < 1.29 is 27.1 Å². The van der Waals surface area contributed by atoms with E-state index in [1.807, 2.05) is 60.7 Å². The molecular formula is C99H88Br4Cl2F4N12O2S. The molecule has 632 valence electrons. The number of fused-ring (bicyclic) bond motifs is 15. The normalized spacial score (nSPS) is 17.0. The highest BCUT2D eigenvalue weighted by atomic mass is 79.9. The predicted molar refractivity (Wildman–Crippen MR) is 512 cm³/mol. The van der Waals surface area contributed by atoms with E-state index in [0.717, 1.165) is 143 Å². The van der Waals surface area contributed by atoms with E-state index in [9.17, 15) is 22.4 Å². The molecule has 16 aromatic rings. The van der Waals surface area contributed by atoms with Crippen LogP contribution in [0.5, 0.6) is 5.75 Å². The van der Waals surface area contributed by atoms with Crippen molar-refractivity contribution >= 4 is 170 Å². The number of benzene rings is 11. The molecule has 0 saturated heterocycles. The number of carbonyl (C=O) groups excluding carboxylic acids is 1. The molecule has 124 heavy (non-hydrogen) atoms. The van der Waals surface area contributed by atoms with E-state index < -0.39 is 17.6 Å². The van der Waals surface area contributed by atoms with Gasteiger partial charge in [0.25, 0.3) is 0 Å². The quantitative estimate of drug-likeness (QED) is 0.0529. The maximum atomic E-state index is 13.6. The average molecular weight is 1980 g/mol. The van der Waals surface area contributed by atoms with Crippen LogP contribution in [0.4, 0.5) is 28.0 Å². The highest BCUT2D eigenvalue weighted by Gasteiger charge is 2.38. The Kier molecular flexibility index (Phi) is 25.9. The Morgan fingerprint density at radius 3 is 1.28 bits per heavy atom. The molecule has 14 nitrogen and oxygen atoms in total. The lowest BCUT2D eigenvalue weighted by Crippen LogP contribution is -2.47. The highest BCUT2D eigenvalue weighted by Crippen LogP contribution is 2.45. The van der Waals surface area contributed by atoms with Crippen LogP contribution < -0.4 is 31.3 Å². The lowest BCUT2D eigenvalue weighted by atomic mass is 9.92. The molecule has 5 atom stereocenters. The number of nitrogens with zero attached hydrogens (tertiary/aromatic N) is 2. The van der Waals surface area contributed by atoms with Crippen molar-refractivity contribution in [2.45, 2.75) is 95.3 Å².